The second kappa shape index (κ2) is 5.23. The first-order valence-corrected chi connectivity index (χ1v) is 6.09. The molecule has 18 heavy (non-hydrogen) atoms. The molecule has 0 radical (unpaired) electrons. The highest BCUT2D eigenvalue weighted by Gasteiger charge is 2.15. The van der Waals surface area contributed by atoms with Crippen molar-refractivity contribution in [3.05, 3.63) is 52.5 Å². The molecule has 0 aliphatic rings. The molecular formula is C14H11BrO3. The molecule has 0 aliphatic carbocycles. The van der Waals surface area contributed by atoms with Crippen LogP contribution < -0.4 is 4.74 Å². The molecule has 0 saturated heterocycles. The maximum Gasteiger partial charge on any atom is 0.336 e. The Balaban J connectivity index is 2.67. The summed E-state index contributed by atoms with van der Waals surface area (Å²) in [5, 5.41) is 9.17. The van der Waals surface area contributed by atoms with E-state index < -0.39 is 5.97 Å². The monoisotopic (exact) mass is 306 g/mol. The molecule has 0 atom stereocenters. The van der Waals surface area contributed by atoms with E-state index in [0.717, 1.165) is 11.1 Å². The lowest BCUT2D eigenvalue weighted by molar-refractivity contribution is 0.0695. The minimum atomic E-state index is -0.988. The molecule has 2 rings (SSSR count). The van der Waals surface area contributed by atoms with Gasteiger partial charge in [0.25, 0.3) is 0 Å². The third-order valence-corrected chi connectivity index (χ3v) is 3.45. The van der Waals surface area contributed by atoms with Crippen LogP contribution in [0, 0.1) is 0 Å². The van der Waals surface area contributed by atoms with Gasteiger partial charge < -0.3 is 9.84 Å². The number of benzene rings is 2. The van der Waals surface area contributed by atoms with Crippen LogP contribution in [-0.4, -0.2) is 18.2 Å². The summed E-state index contributed by atoms with van der Waals surface area (Å²) in [6.45, 7) is 0. The Hall–Kier alpha value is -1.81. The van der Waals surface area contributed by atoms with Gasteiger partial charge in [0.15, 0.2) is 0 Å². The fourth-order valence-electron chi connectivity index (χ4n) is 1.70. The van der Waals surface area contributed by atoms with E-state index in [9.17, 15) is 9.90 Å². The van der Waals surface area contributed by atoms with Crippen molar-refractivity contribution in [3.63, 3.8) is 0 Å². The maximum atomic E-state index is 11.2. The molecule has 92 valence electrons. The number of hydrogen-bond donors (Lipinski definition) is 1. The van der Waals surface area contributed by atoms with E-state index in [1.807, 2.05) is 36.4 Å². The molecule has 0 amide bonds. The van der Waals surface area contributed by atoms with Crippen LogP contribution in [0.5, 0.6) is 5.75 Å². The van der Waals surface area contributed by atoms with Crippen LogP contribution in [0.4, 0.5) is 0 Å². The molecule has 0 unspecified atom stereocenters. The van der Waals surface area contributed by atoms with Crippen LogP contribution in [0.25, 0.3) is 11.1 Å². The SMILES string of the molecule is COc1cc(C(=O)O)c(Br)c(-c2ccccc2)c1. The highest BCUT2D eigenvalue weighted by Crippen LogP contribution is 2.34. The minimum Gasteiger partial charge on any atom is -0.497 e. The van der Waals surface area contributed by atoms with Crippen molar-refractivity contribution >= 4 is 21.9 Å². The Labute approximate surface area is 113 Å². The Morgan fingerprint density at radius 1 is 1.22 bits per heavy atom. The zero-order valence-electron chi connectivity index (χ0n) is 9.68. The molecule has 0 saturated carbocycles. The highest BCUT2D eigenvalue weighted by molar-refractivity contribution is 9.10. The van der Waals surface area contributed by atoms with Gasteiger partial charge in [0, 0.05) is 10.0 Å². The van der Waals surface area contributed by atoms with E-state index in [-0.39, 0.29) is 5.56 Å². The van der Waals surface area contributed by atoms with E-state index in [0.29, 0.717) is 10.2 Å². The Bertz CT molecular complexity index is 579. The number of carboxylic acids is 1. The Kier molecular flexibility index (Phi) is 3.67. The summed E-state index contributed by atoms with van der Waals surface area (Å²) >= 11 is 3.35. The first kappa shape index (κ1) is 12.6. The first-order valence-electron chi connectivity index (χ1n) is 5.29. The van der Waals surface area contributed by atoms with Gasteiger partial charge >= 0.3 is 5.97 Å². The summed E-state index contributed by atoms with van der Waals surface area (Å²) in [4.78, 5) is 11.2. The van der Waals surface area contributed by atoms with Crippen molar-refractivity contribution < 1.29 is 14.6 Å². The number of hydrogen-bond acceptors (Lipinski definition) is 2. The van der Waals surface area contributed by atoms with E-state index in [2.05, 4.69) is 15.9 Å². The molecular weight excluding hydrogens is 296 g/mol. The van der Waals surface area contributed by atoms with Gasteiger partial charge in [-0.25, -0.2) is 4.79 Å². The molecule has 0 heterocycles. The highest BCUT2D eigenvalue weighted by atomic mass is 79.9. The lowest BCUT2D eigenvalue weighted by atomic mass is 10.0. The second-order valence-corrected chi connectivity index (χ2v) is 4.50. The topological polar surface area (TPSA) is 46.5 Å². The number of methoxy groups -OCH3 is 1. The van der Waals surface area contributed by atoms with Crippen molar-refractivity contribution in [2.45, 2.75) is 0 Å². The van der Waals surface area contributed by atoms with Gasteiger partial charge in [-0.2, -0.15) is 0 Å². The maximum absolute atomic E-state index is 11.2. The van der Waals surface area contributed by atoms with E-state index in [4.69, 9.17) is 4.74 Å². The molecule has 3 nitrogen and oxygen atoms in total. The standard InChI is InChI=1S/C14H11BrO3/c1-18-10-7-11(9-5-3-2-4-6-9)13(15)12(8-10)14(16)17/h2-8H,1H3,(H,16,17). The third kappa shape index (κ3) is 2.38. The quantitative estimate of drug-likeness (QED) is 0.937. The minimum absolute atomic E-state index is 0.188. The first-order chi connectivity index (χ1) is 8.63. The predicted molar refractivity (Wildman–Crippen MR) is 73.1 cm³/mol. The van der Waals surface area contributed by atoms with Crippen molar-refractivity contribution in [1.29, 1.82) is 0 Å². The van der Waals surface area contributed by atoms with Gasteiger partial charge in [-0.3, -0.25) is 0 Å². The molecule has 2 aromatic carbocycles. The third-order valence-electron chi connectivity index (χ3n) is 2.60. The summed E-state index contributed by atoms with van der Waals surface area (Å²) < 4.78 is 5.70. The van der Waals surface area contributed by atoms with E-state index >= 15 is 0 Å². The van der Waals surface area contributed by atoms with Crippen LogP contribution in [0.2, 0.25) is 0 Å². The Morgan fingerprint density at radius 3 is 2.44 bits per heavy atom. The van der Waals surface area contributed by atoms with Gasteiger partial charge in [-0.1, -0.05) is 30.3 Å². The van der Waals surface area contributed by atoms with Gasteiger partial charge in [0.1, 0.15) is 5.75 Å². The van der Waals surface area contributed by atoms with Gasteiger partial charge in [0.05, 0.1) is 12.7 Å². The van der Waals surface area contributed by atoms with Crippen LogP contribution in [0.15, 0.2) is 46.9 Å². The second-order valence-electron chi connectivity index (χ2n) is 3.71. The van der Waals surface area contributed by atoms with Crippen molar-refractivity contribution in [3.8, 4) is 16.9 Å². The number of ether oxygens (including phenoxy) is 1. The number of carboxylic acid groups (broad SMARTS) is 1. The summed E-state index contributed by atoms with van der Waals surface area (Å²) in [5.41, 5.74) is 1.92. The van der Waals surface area contributed by atoms with Crippen LogP contribution in [0.1, 0.15) is 10.4 Å². The number of halogens is 1. The molecule has 0 aromatic heterocycles. The molecule has 0 bridgehead atoms. The largest absolute Gasteiger partial charge is 0.497 e. The Morgan fingerprint density at radius 2 is 1.89 bits per heavy atom. The van der Waals surface area contributed by atoms with E-state index in [1.54, 1.807) is 0 Å². The average Bonchev–Trinajstić information content (AvgIpc) is 2.39. The zero-order chi connectivity index (χ0) is 13.1. The fourth-order valence-corrected chi connectivity index (χ4v) is 2.33. The molecule has 4 heteroatoms. The molecule has 0 fully saturated rings. The van der Waals surface area contributed by atoms with Crippen molar-refractivity contribution in [1.82, 2.24) is 0 Å². The van der Waals surface area contributed by atoms with Gasteiger partial charge in [-0.15, -0.1) is 0 Å². The molecule has 0 spiro atoms. The van der Waals surface area contributed by atoms with Crippen molar-refractivity contribution in [2.75, 3.05) is 7.11 Å². The van der Waals surface area contributed by atoms with Gasteiger partial charge in [-0.05, 0) is 33.6 Å². The van der Waals surface area contributed by atoms with Crippen LogP contribution in [-0.2, 0) is 0 Å². The fraction of sp³-hybridized carbons (Fsp3) is 0.0714. The van der Waals surface area contributed by atoms with Gasteiger partial charge in [0.2, 0.25) is 0 Å². The average molecular weight is 307 g/mol. The molecule has 1 N–H and O–H groups in total. The smallest absolute Gasteiger partial charge is 0.336 e. The summed E-state index contributed by atoms with van der Waals surface area (Å²) in [6.07, 6.45) is 0. The number of aromatic carboxylic acids is 1. The summed E-state index contributed by atoms with van der Waals surface area (Å²) in [7, 11) is 1.52. The molecule has 0 aliphatic heterocycles. The molecule has 2 aromatic rings. The summed E-state index contributed by atoms with van der Waals surface area (Å²) in [6, 6.07) is 12.9. The number of carbonyl (C=O) groups is 1. The van der Waals surface area contributed by atoms with E-state index in [1.165, 1.54) is 13.2 Å². The number of rotatable bonds is 3. The lowest BCUT2D eigenvalue weighted by Gasteiger charge is -2.10. The zero-order valence-corrected chi connectivity index (χ0v) is 11.3. The lowest BCUT2D eigenvalue weighted by Crippen LogP contribution is -2.00. The van der Waals surface area contributed by atoms with Crippen molar-refractivity contribution in [2.24, 2.45) is 0 Å². The van der Waals surface area contributed by atoms with Crippen LogP contribution in [0.3, 0.4) is 0 Å². The van der Waals surface area contributed by atoms with Crippen LogP contribution >= 0.6 is 15.9 Å². The normalized spacial score (nSPS) is 10.1. The predicted octanol–water partition coefficient (Wildman–Crippen LogP) is 3.82. The summed E-state index contributed by atoms with van der Waals surface area (Å²) in [5.74, 6) is -0.465.